The number of nitrogens with two attached hydrogens (primary N) is 1. The molecule has 2 aromatic carbocycles. The van der Waals surface area contributed by atoms with Crippen LogP contribution in [-0.2, 0) is 21.2 Å². The molecule has 0 aromatic heterocycles. The molecule has 0 heterocycles. The van der Waals surface area contributed by atoms with Gasteiger partial charge in [-0.15, -0.1) is 12.4 Å². The number of amides is 1. The van der Waals surface area contributed by atoms with Crippen molar-refractivity contribution in [2.24, 2.45) is 5.73 Å². The summed E-state index contributed by atoms with van der Waals surface area (Å²) in [5.74, 6) is -0.422. The van der Waals surface area contributed by atoms with E-state index < -0.39 is 15.9 Å². The molecular weight excluding hydrogens is 336 g/mol. The minimum Gasteiger partial charge on any atom is -0.351 e. The van der Waals surface area contributed by atoms with Gasteiger partial charge in [0, 0.05) is 12.8 Å². The average Bonchev–Trinajstić information content (AvgIpc) is 2.49. The highest BCUT2D eigenvalue weighted by molar-refractivity contribution is 7.90. The second-order valence-corrected chi connectivity index (χ2v) is 7.68. The highest BCUT2D eigenvalue weighted by atomic mass is 35.5. The van der Waals surface area contributed by atoms with Gasteiger partial charge >= 0.3 is 0 Å². The third-order valence-corrected chi connectivity index (χ3v) is 4.39. The summed E-state index contributed by atoms with van der Waals surface area (Å²) in [6, 6.07) is 13.1. The van der Waals surface area contributed by atoms with Crippen LogP contribution in [0.25, 0.3) is 10.8 Å². The van der Waals surface area contributed by atoms with E-state index in [1.54, 1.807) is 0 Å². The summed E-state index contributed by atoms with van der Waals surface area (Å²) in [6.07, 6.45) is 1.26. The van der Waals surface area contributed by atoms with Crippen LogP contribution < -0.4 is 11.1 Å². The Morgan fingerprint density at radius 1 is 1.17 bits per heavy atom. The van der Waals surface area contributed by atoms with E-state index in [-0.39, 0.29) is 30.5 Å². The van der Waals surface area contributed by atoms with Gasteiger partial charge in [-0.05, 0) is 28.8 Å². The zero-order valence-electron chi connectivity index (χ0n) is 12.9. The van der Waals surface area contributed by atoms with Crippen molar-refractivity contribution in [3.05, 3.63) is 48.0 Å². The van der Waals surface area contributed by atoms with Gasteiger partial charge in [-0.2, -0.15) is 0 Å². The van der Waals surface area contributed by atoms with E-state index in [9.17, 15) is 13.2 Å². The quantitative estimate of drug-likeness (QED) is 0.823. The van der Waals surface area contributed by atoms with E-state index in [1.807, 2.05) is 42.5 Å². The third kappa shape index (κ3) is 6.17. The molecular formula is C16H21ClN2O3S. The van der Waals surface area contributed by atoms with Crippen molar-refractivity contribution in [2.45, 2.75) is 19.0 Å². The monoisotopic (exact) mass is 356 g/mol. The Kier molecular flexibility index (Phi) is 7.00. The molecule has 1 amide bonds. The van der Waals surface area contributed by atoms with E-state index in [0.717, 1.165) is 22.6 Å². The van der Waals surface area contributed by atoms with Crippen LogP contribution in [0.15, 0.2) is 42.5 Å². The predicted octanol–water partition coefficient (Wildman–Crippen LogP) is 1.64. The molecule has 1 unspecified atom stereocenters. The minimum atomic E-state index is -3.10. The molecule has 0 spiro atoms. The normalized spacial score (nSPS) is 12.4. The number of fused-ring (bicyclic) bond motifs is 1. The zero-order valence-corrected chi connectivity index (χ0v) is 14.5. The molecule has 0 saturated heterocycles. The molecule has 0 fully saturated rings. The smallest absolute Gasteiger partial charge is 0.237 e. The summed E-state index contributed by atoms with van der Waals surface area (Å²) in [6.45, 7) is 0.371. The molecule has 126 valence electrons. The summed E-state index contributed by atoms with van der Waals surface area (Å²) in [5.41, 5.74) is 6.68. The highest BCUT2D eigenvalue weighted by Crippen LogP contribution is 2.15. The fourth-order valence-electron chi connectivity index (χ4n) is 2.14. The first-order valence-electron chi connectivity index (χ1n) is 7.04. The van der Waals surface area contributed by atoms with Crippen molar-refractivity contribution in [3.8, 4) is 0 Å². The lowest BCUT2D eigenvalue weighted by Crippen LogP contribution is -2.41. The number of hydrogen-bond donors (Lipinski definition) is 2. The van der Waals surface area contributed by atoms with Crippen molar-refractivity contribution >= 4 is 38.9 Å². The SMILES string of the molecule is CS(=O)(=O)CCC(N)C(=O)NCc1ccc2ccccc2c1.Cl. The van der Waals surface area contributed by atoms with Crippen LogP contribution in [0.2, 0.25) is 0 Å². The third-order valence-electron chi connectivity index (χ3n) is 3.42. The van der Waals surface area contributed by atoms with Crippen molar-refractivity contribution in [1.82, 2.24) is 5.32 Å². The van der Waals surface area contributed by atoms with Crippen LogP contribution >= 0.6 is 12.4 Å². The Balaban J connectivity index is 0.00000264. The van der Waals surface area contributed by atoms with Crippen LogP contribution in [-0.4, -0.2) is 32.4 Å². The summed E-state index contributed by atoms with van der Waals surface area (Å²) in [7, 11) is -3.10. The molecule has 2 aromatic rings. The fraction of sp³-hybridized carbons (Fsp3) is 0.312. The molecule has 7 heteroatoms. The van der Waals surface area contributed by atoms with E-state index in [1.165, 1.54) is 0 Å². The van der Waals surface area contributed by atoms with Crippen LogP contribution in [0, 0.1) is 0 Å². The number of sulfone groups is 1. The van der Waals surface area contributed by atoms with Gasteiger partial charge < -0.3 is 11.1 Å². The Morgan fingerprint density at radius 2 is 1.83 bits per heavy atom. The summed E-state index contributed by atoms with van der Waals surface area (Å²) >= 11 is 0. The predicted molar refractivity (Wildman–Crippen MR) is 95.3 cm³/mol. The number of hydrogen-bond acceptors (Lipinski definition) is 4. The fourth-order valence-corrected chi connectivity index (χ4v) is 2.82. The van der Waals surface area contributed by atoms with Crippen LogP contribution in [0.3, 0.4) is 0 Å². The lowest BCUT2D eigenvalue weighted by atomic mass is 10.1. The summed E-state index contributed by atoms with van der Waals surface area (Å²) in [5, 5.41) is 4.99. The number of halogens is 1. The van der Waals surface area contributed by atoms with Crippen LogP contribution in [0.5, 0.6) is 0 Å². The average molecular weight is 357 g/mol. The van der Waals surface area contributed by atoms with Crippen molar-refractivity contribution in [2.75, 3.05) is 12.0 Å². The zero-order chi connectivity index (χ0) is 16.2. The number of carbonyl (C=O) groups is 1. The maximum Gasteiger partial charge on any atom is 0.237 e. The first-order chi connectivity index (χ1) is 10.3. The number of carbonyl (C=O) groups excluding carboxylic acids is 1. The maximum absolute atomic E-state index is 11.9. The standard InChI is InChI=1S/C16H20N2O3S.ClH/c1-22(20,21)9-8-15(17)16(19)18-11-12-6-7-13-4-2-3-5-14(13)10-12;/h2-7,10,15H,8-9,11,17H2,1H3,(H,18,19);1H. The van der Waals surface area contributed by atoms with Gasteiger partial charge in [0.15, 0.2) is 0 Å². The highest BCUT2D eigenvalue weighted by Gasteiger charge is 2.15. The van der Waals surface area contributed by atoms with Gasteiger partial charge in [0.05, 0.1) is 11.8 Å². The van der Waals surface area contributed by atoms with E-state index in [4.69, 9.17) is 5.73 Å². The maximum atomic E-state index is 11.9. The van der Waals surface area contributed by atoms with Gasteiger partial charge in [-0.3, -0.25) is 4.79 Å². The Morgan fingerprint density at radius 3 is 2.48 bits per heavy atom. The number of nitrogens with one attached hydrogen (secondary N) is 1. The van der Waals surface area contributed by atoms with Gasteiger partial charge in [0.2, 0.25) is 5.91 Å². The second kappa shape index (κ2) is 8.29. The molecule has 5 nitrogen and oxygen atoms in total. The lowest BCUT2D eigenvalue weighted by molar-refractivity contribution is -0.122. The van der Waals surface area contributed by atoms with Crippen LogP contribution in [0.4, 0.5) is 0 Å². The Bertz CT molecular complexity index is 778. The first-order valence-corrected chi connectivity index (χ1v) is 9.10. The molecule has 0 saturated carbocycles. The lowest BCUT2D eigenvalue weighted by Gasteiger charge is -2.12. The van der Waals surface area contributed by atoms with E-state index >= 15 is 0 Å². The second-order valence-electron chi connectivity index (χ2n) is 5.42. The van der Waals surface area contributed by atoms with Crippen molar-refractivity contribution in [1.29, 1.82) is 0 Å². The minimum absolute atomic E-state index is 0. The molecule has 0 radical (unpaired) electrons. The van der Waals surface area contributed by atoms with Gasteiger partial charge in [-0.1, -0.05) is 36.4 Å². The molecule has 3 N–H and O–H groups in total. The molecule has 0 aliphatic rings. The number of rotatable bonds is 6. The molecule has 0 aliphatic carbocycles. The molecule has 0 bridgehead atoms. The van der Waals surface area contributed by atoms with E-state index in [0.29, 0.717) is 6.54 Å². The Hall–Kier alpha value is -1.63. The topological polar surface area (TPSA) is 89.3 Å². The van der Waals surface area contributed by atoms with Crippen molar-refractivity contribution < 1.29 is 13.2 Å². The Labute approximate surface area is 142 Å². The molecule has 0 aliphatic heterocycles. The molecule has 1 atom stereocenters. The first kappa shape index (κ1) is 19.4. The molecule has 23 heavy (non-hydrogen) atoms. The van der Waals surface area contributed by atoms with E-state index in [2.05, 4.69) is 5.32 Å². The molecule has 2 rings (SSSR count). The summed E-state index contributed by atoms with van der Waals surface area (Å²) < 4.78 is 22.1. The van der Waals surface area contributed by atoms with Crippen molar-refractivity contribution in [3.63, 3.8) is 0 Å². The van der Waals surface area contributed by atoms with Gasteiger partial charge in [-0.25, -0.2) is 8.42 Å². The number of benzene rings is 2. The van der Waals surface area contributed by atoms with Gasteiger partial charge in [0.1, 0.15) is 9.84 Å². The van der Waals surface area contributed by atoms with Gasteiger partial charge in [0.25, 0.3) is 0 Å². The largest absolute Gasteiger partial charge is 0.351 e. The van der Waals surface area contributed by atoms with Crippen LogP contribution in [0.1, 0.15) is 12.0 Å². The summed E-state index contributed by atoms with van der Waals surface area (Å²) in [4.78, 5) is 11.9.